The molecule has 0 bridgehead atoms. The van der Waals surface area contributed by atoms with E-state index in [2.05, 4.69) is 12.1 Å². The van der Waals surface area contributed by atoms with Crippen molar-refractivity contribution in [2.45, 2.75) is 11.8 Å². The van der Waals surface area contributed by atoms with Crippen molar-refractivity contribution in [2.24, 2.45) is 0 Å². The Bertz CT molecular complexity index is 464. The van der Waals surface area contributed by atoms with Gasteiger partial charge in [-0.15, -0.1) is 0 Å². The van der Waals surface area contributed by atoms with Gasteiger partial charge >= 0.3 is 0 Å². The molecule has 0 aromatic carbocycles. The molecule has 4 heteroatoms. The first-order chi connectivity index (χ1) is 7.86. The van der Waals surface area contributed by atoms with E-state index in [-0.39, 0.29) is 11.8 Å². The van der Waals surface area contributed by atoms with Gasteiger partial charge in [0.1, 0.15) is 0 Å². The summed E-state index contributed by atoms with van der Waals surface area (Å²) in [5.41, 5.74) is 1.87. The molecule has 2 rings (SSSR count). The van der Waals surface area contributed by atoms with E-state index in [4.69, 9.17) is 0 Å². The molecule has 78 valence electrons. The molecule has 2 aromatic rings. The lowest BCUT2D eigenvalue weighted by atomic mass is 9.86. The molecule has 0 aliphatic carbocycles. The third-order valence-corrected chi connectivity index (χ3v) is 3.82. The van der Waals surface area contributed by atoms with Crippen molar-refractivity contribution in [1.82, 2.24) is 0 Å². The Hall–Kier alpha value is -1.62. The van der Waals surface area contributed by atoms with E-state index >= 15 is 0 Å². The monoisotopic (exact) mass is 244 g/mol. The number of thiophene rings is 2. The standard InChI is InChI=1S/C12H8N2S2/c13-5-11(9-1-3-15-7-9)12(6-14)10-2-4-16-8-10/h1-4,7-8,11-12H. The smallest absolute Gasteiger partial charge is 0.0920 e. The summed E-state index contributed by atoms with van der Waals surface area (Å²) in [6.45, 7) is 0. The summed E-state index contributed by atoms with van der Waals surface area (Å²) in [6.07, 6.45) is 0. The van der Waals surface area contributed by atoms with Gasteiger partial charge in [-0.25, -0.2) is 0 Å². The van der Waals surface area contributed by atoms with Crippen LogP contribution in [0.2, 0.25) is 0 Å². The van der Waals surface area contributed by atoms with E-state index in [9.17, 15) is 10.5 Å². The second-order valence-electron chi connectivity index (χ2n) is 3.33. The average molecular weight is 244 g/mol. The fraction of sp³-hybridized carbons (Fsp3) is 0.167. The molecule has 0 spiro atoms. The summed E-state index contributed by atoms with van der Waals surface area (Å²) < 4.78 is 0. The van der Waals surface area contributed by atoms with Gasteiger partial charge in [-0.05, 0) is 44.8 Å². The van der Waals surface area contributed by atoms with Crippen molar-refractivity contribution in [1.29, 1.82) is 10.5 Å². The van der Waals surface area contributed by atoms with Gasteiger partial charge in [0, 0.05) is 0 Å². The summed E-state index contributed by atoms with van der Waals surface area (Å²) in [4.78, 5) is 0. The molecule has 0 N–H and O–H groups in total. The highest BCUT2D eigenvalue weighted by Gasteiger charge is 2.25. The number of hydrogen-bond donors (Lipinski definition) is 0. The predicted molar refractivity (Wildman–Crippen MR) is 65.3 cm³/mol. The molecule has 2 nitrogen and oxygen atoms in total. The molecule has 0 radical (unpaired) electrons. The van der Waals surface area contributed by atoms with Crippen LogP contribution in [0.25, 0.3) is 0 Å². The van der Waals surface area contributed by atoms with Crippen LogP contribution in [0.15, 0.2) is 33.7 Å². The third-order valence-electron chi connectivity index (χ3n) is 2.42. The molecule has 0 aliphatic heterocycles. The first-order valence-electron chi connectivity index (χ1n) is 4.70. The lowest BCUT2D eigenvalue weighted by Crippen LogP contribution is -2.06. The van der Waals surface area contributed by atoms with E-state index in [0.29, 0.717) is 0 Å². The Morgan fingerprint density at radius 3 is 1.56 bits per heavy atom. The zero-order valence-electron chi connectivity index (χ0n) is 8.33. The number of nitrogens with zero attached hydrogens (tertiary/aromatic N) is 2. The zero-order valence-corrected chi connectivity index (χ0v) is 9.96. The fourth-order valence-corrected chi connectivity index (χ4v) is 2.98. The molecular weight excluding hydrogens is 236 g/mol. The first-order valence-corrected chi connectivity index (χ1v) is 6.59. The largest absolute Gasteiger partial charge is 0.198 e. The van der Waals surface area contributed by atoms with Crippen LogP contribution in [-0.4, -0.2) is 0 Å². The van der Waals surface area contributed by atoms with Crippen molar-refractivity contribution in [3.8, 4) is 12.1 Å². The molecule has 0 amide bonds. The van der Waals surface area contributed by atoms with Crippen LogP contribution < -0.4 is 0 Å². The molecule has 2 unspecified atom stereocenters. The number of nitriles is 2. The van der Waals surface area contributed by atoms with Gasteiger partial charge in [-0.1, -0.05) is 0 Å². The third kappa shape index (κ3) is 1.99. The lowest BCUT2D eigenvalue weighted by Gasteiger charge is -2.12. The molecule has 0 saturated carbocycles. The van der Waals surface area contributed by atoms with Crippen LogP contribution in [-0.2, 0) is 0 Å². The van der Waals surface area contributed by atoms with Crippen molar-refractivity contribution in [3.63, 3.8) is 0 Å². The lowest BCUT2D eigenvalue weighted by molar-refractivity contribution is 0.767. The Balaban J connectivity index is 2.35. The minimum atomic E-state index is -0.370. The Morgan fingerprint density at radius 1 is 0.875 bits per heavy atom. The Morgan fingerprint density at radius 2 is 1.31 bits per heavy atom. The highest BCUT2D eigenvalue weighted by Crippen LogP contribution is 2.34. The van der Waals surface area contributed by atoms with E-state index in [0.717, 1.165) is 11.1 Å². The van der Waals surface area contributed by atoms with E-state index < -0.39 is 0 Å². The summed E-state index contributed by atoms with van der Waals surface area (Å²) in [7, 11) is 0. The van der Waals surface area contributed by atoms with Gasteiger partial charge in [-0.2, -0.15) is 33.2 Å². The molecule has 2 heterocycles. The van der Waals surface area contributed by atoms with Gasteiger partial charge in [0.25, 0.3) is 0 Å². The SMILES string of the molecule is N#CC(c1ccsc1)C(C#N)c1ccsc1. The maximum absolute atomic E-state index is 9.21. The maximum Gasteiger partial charge on any atom is 0.0920 e. The van der Waals surface area contributed by atoms with Crippen molar-refractivity contribution < 1.29 is 0 Å². The van der Waals surface area contributed by atoms with Crippen LogP contribution in [0.3, 0.4) is 0 Å². The quantitative estimate of drug-likeness (QED) is 0.826. The Kier molecular flexibility index (Phi) is 3.36. The van der Waals surface area contributed by atoms with Crippen LogP contribution in [0.5, 0.6) is 0 Å². The van der Waals surface area contributed by atoms with Gasteiger partial charge in [0.05, 0.1) is 24.0 Å². The maximum atomic E-state index is 9.21. The van der Waals surface area contributed by atoms with Gasteiger partial charge < -0.3 is 0 Å². The van der Waals surface area contributed by atoms with E-state index in [1.807, 2.05) is 33.7 Å². The fourth-order valence-electron chi connectivity index (χ4n) is 1.59. The molecule has 0 saturated heterocycles. The van der Waals surface area contributed by atoms with Gasteiger partial charge in [0.2, 0.25) is 0 Å². The normalized spacial score (nSPS) is 13.6. The second kappa shape index (κ2) is 4.94. The molecule has 2 atom stereocenters. The predicted octanol–water partition coefficient (Wildman–Crippen LogP) is 3.72. The van der Waals surface area contributed by atoms with Crippen LogP contribution in [0.1, 0.15) is 23.0 Å². The van der Waals surface area contributed by atoms with Crippen LogP contribution in [0, 0.1) is 22.7 Å². The minimum absolute atomic E-state index is 0.370. The summed E-state index contributed by atoms with van der Waals surface area (Å²) in [5, 5.41) is 26.1. The van der Waals surface area contributed by atoms with Crippen molar-refractivity contribution in [2.75, 3.05) is 0 Å². The Labute approximate surface area is 102 Å². The molecule has 16 heavy (non-hydrogen) atoms. The van der Waals surface area contributed by atoms with E-state index in [1.165, 1.54) is 0 Å². The highest BCUT2D eigenvalue weighted by molar-refractivity contribution is 7.08. The average Bonchev–Trinajstić information content (AvgIpc) is 2.97. The highest BCUT2D eigenvalue weighted by atomic mass is 32.1. The zero-order chi connectivity index (χ0) is 11.4. The summed E-state index contributed by atoms with van der Waals surface area (Å²) in [6, 6.07) is 8.29. The summed E-state index contributed by atoms with van der Waals surface area (Å²) in [5.74, 6) is -0.739. The van der Waals surface area contributed by atoms with Gasteiger partial charge in [-0.3, -0.25) is 0 Å². The molecular formula is C12H8N2S2. The van der Waals surface area contributed by atoms with E-state index in [1.54, 1.807) is 22.7 Å². The minimum Gasteiger partial charge on any atom is -0.198 e. The second-order valence-corrected chi connectivity index (χ2v) is 4.89. The number of rotatable bonds is 3. The van der Waals surface area contributed by atoms with Crippen LogP contribution in [0.4, 0.5) is 0 Å². The molecule has 0 fully saturated rings. The molecule has 2 aromatic heterocycles. The summed E-state index contributed by atoms with van der Waals surface area (Å²) >= 11 is 3.10. The molecule has 0 aliphatic rings. The number of hydrogen-bond acceptors (Lipinski definition) is 4. The van der Waals surface area contributed by atoms with Crippen molar-refractivity contribution in [3.05, 3.63) is 44.8 Å². The van der Waals surface area contributed by atoms with Gasteiger partial charge in [0.15, 0.2) is 0 Å². The topological polar surface area (TPSA) is 47.6 Å². The van der Waals surface area contributed by atoms with Crippen molar-refractivity contribution >= 4 is 22.7 Å². The van der Waals surface area contributed by atoms with Crippen LogP contribution >= 0.6 is 22.7 Å². The first kappa shape index (κ1) is 10.9.